The van der Waals surface area contributed by atoms with Gasteiger partial charge in [0.15, 0.2) is 0 Å². The van der Waals surface area contributed by atoms with Crippen molar-refractivity contribution in [2.75, 3.05) is 25.4 Å². The van der Waals surface area contributed by atoms with Crippen LogP contribution in [-0.4, -0.2) is 30.3 Å². The largest absolute Gasteiger partial charge is 0.302 e. The van der Waals surface area contributed by atoms with E-state index in [1.54, 1.807) is 0 Å². The van der Waals surface area contributed by atoms with Crippen LogP contribution in [0, 0.1) is 17.3 Å². The van der Waals surface area contributed by atoms with Crippen molar-refractivity contribution in [1.82, 2.24) is 4.90 Å². The van der Waals surface area contributed by atoms with E-state index in [0.717, 1.165) is 17.6 Å². The van der Waals surface area contributed by atoms with Crippen molar-refractivity contribution in [2.45, 2.75) is 39.5 Å². The monoisotopic (exact) mass is 227 g/mol. The van der Waals surface area contributed by atoms with Crippen LogP contribution < -0.4 is 0 Å². The molecule has 1 saturated carbocycles. The normalized spacial score (nSPS) is 36.2. The molecule has 88 valence electrons. The van der Waals surface area contributed by atoms with Crippen LogP contribution in [0.15, 0.2) is 0 Å². The maximum Gasteiger partial charge on any atom is 0.00460 e. The molecule has 1 nitrogen and oxygen atoms in total. The van der Waals surface area contributed by atoms with Crippen molar-refractivity contribution in [1.29, 1.82) is 0 Å². The van der Waals surface area contributed by atoms with Crippen molar-refractivity contribution in [3.63, 3.8) is 0 Å². The lowest BCUT2D eigenvalue weighted by molar-refractivity contribution is 0.0499. The van der Waals surface area contributed by atoms with Gasteiger partial charge < -0.3 is 4.90 Å². The Kier molecular flexibility index (Phi) is 3.67. The van der Waals surface area contributed by atoms with Gasteiger partial charge in [-0.15, -0.1) is 0 Å². The summed E-state index contributed by atoms with van der Waals surface area (Å²) in [6.07, 6.45) is 5.68. The summed E-state index contributed by atoms with van der Waals surface area (Å²) in [6.45, 7) is 8.75. The molecular weight excluding hydrogens is 202 g/mol. The standard InChI is InChI=1S/C13H25NS/c1-11-6-12(2)8-14(7-11)9-13(10-15)4-3-5-13/h11-12,15H,3-10H2,1-2H3. The zero-order valence-electron chi connectivity index (χ0n) is 10.2. The van der Waals surface area contributed by atoms with Crippen LogP contribution in [0.3, 0.4) is 0 Å². The Balaban J connectivity index is 1.87. The zero-order chi connectivity index (χ0) is 10.9. The zero-order valence-corrected chi connectivity index (χ0v) is 11.1. The summed E-state index contributed by atoms with van der Waals surface area (Å²) in [5.74, 6) is 2.88. The van der Waals surface area contributed by atoms with Crippen LogP contribution in [0.25, 0.3) is 0 Å². The lowest BCUT2D eigenvalue weighted by Crippen LogP contribution is -2.48. The molecule has 2 aliphatic rings. The van der Waals surface area contributed by atoms with E-state index in [1.165, 1.54) is 45.3 Å². The molecule has 2 heteroatoms. The van der Waals surface area contributed by atoms with Gasteiger partial charge >= 0.3 is 0 Å². The molecule has 0 N–H and O–H groups in total. The van der Waals surface area contributed by atoms with Gasteiger partial charge in [-0.05, 0) is 42.3 Å². The summed E-state index contributed by atoms with van der Waals surface area (Å²) in [4.78, 5) is 2.70. The molecule has 0 aromatic heterocycles. The third-order valence-corrected chi connectivity index (χ3v) is 4.92. The smallest absolute Gasteiger partial charge is 0.00460 e. The Morgan fingerprint density at radius 1 is 1.20 bits per heavy atom. The van der Waals surface area contributed by atoms with Crippen LogP contribution in [0.2, 0.25) is 0 Å². The minimum Gasteiger partial charge on any atom is -0.302 e. The van der Waals surface area contributed by atoms with Gasteiger partial charge in [0.05, 0.1) is 0 Å². The second-order valence-corrected chi connectivity index (χ2v) is 6.47. The van der Waals surface area contributed by atoms with E-state index in [4.69, 9.17) is 0 Å². The number of hydrogen-bond donors (Lipinski definition) is 1. The number of likely N-dealkylation sites (tertiary alicyclic amines) is 1. The molecule has 0 amide bonds. The van der Waals surface area contributed by atoms with E-state index in [1.807, 2.05) is 0 Å². The molecule has 0 spiro atoms. The molecular formula is C13H25NS. The number of hydrogen-bond acceptors (Lipinski definition) is 2. The van der Waals surface area contributed by atoms with Gasteiger partial charge in [-0.1, -0.05) is 20.3 Å². The summed E-state index contributed by atoms with van der Waals surface area (Å²) in [7, 11) is 0. The van der Waals surface area contributed by atoms with E-state index < -0.39 is 0 Å². The fraction of sp³-hybridized carbons (Fsp3) is 1.00. The fourth-order valence-corrected chi connectivity index (χ4v) is 3.85. The number of rotatable bonds is 3. The number of thiol groups is 1. The van der Waals surface area contributed by atoms with Crippen LogP contribution in [0.4, 0.5) is 0 Å². The molecule has 1 saturated heterocycles. The fourth-order valence-electron chi connectivity index (χ4n) is 3.44. The molecule has 15 heavy (non-hydrogen) atoms. The second-order valence-electron chi connectivity index (χ2n) is 6.15. The Morgan fingerprint density at radius 2 is 1.80 bits per heavy atom. The highest BCUT2D eigenvalue weighted by Gasteiger charge is 2.38. The second kappa shape index (κ2) is 4.67. The highest BCUT2D eigenvalue weighted by atomic mass is 32.1. The first kappa shape index (κ1) is 11.8. The number of nitrogens with zero attached hydrogens (tertiary/aromatic N) is 1. The van der Waals surface area contributed by atoms with Crippen LogP contribution in [0.1, 0.15) is 39.5 Å². The van der Waals surface area contributed by atoms with Gasteiger partial charge in [-0.3, -0.25) is 0 Å². The molecule has 0 radical (unpaired) electrons. The first-order valence-corrected chi connectivity index (χ1v) is 7.10. The van der Waals surface area contributed by atoms with E-state index in [0.29, 0.717) is 5.41 Å². The van der Waals surface area contributed by atoms with Gasteiger partial charge in [-0.25, -0.2) is 0 Å². The molecule has 0 aromatic carbocycles. The first-order chi connectivity index (χ1) is 7.13. The van der Waals surface area contributed by atoms with Gasteiger partial charge in [0.2, 0.25) is 0 Å². The Morgan fingerprint density at radius 3 is 2.20 bits per heavy atom. The van der Waals surface area contributed by atoms with Crippen LogP contribution >= 0.6 is 12.6 Å². The van der Waals surface area contributed by atoms with E-state index in [2.05, 4.69) is 31.4 Å². The van der Waals surface area contributed by atoms with Crippen molar-refractivity contribution >= 4 is 12.6 Å². The topological polar surface area (TPSA) is 3.24 Å². The number of piperidine rings is 1. The molecule has 2 fully saturated rings. The lowest BCUT2D eigenvalue weighted by Gasteiger charge is -2.47. The van der Waals surface area contributed by atoms with Gasteiger partial charge in [-0.2, -0.15) is 12.6 Å². The van der Waals surface area contributed by atoms with Crippen LogP contribution in [0.5, 0.6) is 0 Å². The van der Waals surface area contributed by atoms with Crippen molar-refractivity contribution in [3.8, 4) is 0 Å². The summed E-state index contributed by atoms with van der Waals surface area (Å²) in [5.41, 5.74) is 0.583. The maximum atomic E-state index is 4.55. The molecule has 1 aliphatic heterocycles. The molecule has 1 aliphatic carbocycles. The van der Waals surface area contributed by atoms with Gasteiger partial charge in [0.1, 0.15) is 0 Å². The summed E-state index contributed by atoms with van der Waals surface area (Å²) < 4.78 is 0. The Labute approximate surface area is 100 Å². The maximum absolute atomic E-state index is 4.55. The third kappa shape index (κ3) is 2.71. The van der Waals surface area contributed by atoms with E-state index in [9.17, 15) is 0 Å². The highest BCUT2D eigenvalue weighted by molar-refractivity contribution is 7.80. The van der Waals surface area contributed by atoms with Gasteiger partial charge in [0.25, 0.3) is 0 Å². The first-order valence-electron chi connectivity index (χ1n) is 6.47. The van der Waals surface area contributed by atoms with Crippen LogP contribution in [-0.2, 0) is 0 Å². The Bertz CT molecular complexity index is 197. The summed E-state index contributed by atoms with van der Waals surface area (Å²) in [5, 5.41) is 0. The predicted molar refractivity (Wildman–Crippen MR) is 69.5 cm³/mol. The lowest BCUT2D eigenvalue weighted by atomic mass is 9.69. The van der Waals surface area contributed by atoms with Crippen molar-refractivity contribution < 1.29 is 0 Å². The molecule has 1 heterocycles. The van der Waals surface area contributed by atoms with E-state index >= 15 is 0 Å². The molecule has 0 aromatic rings. The quantitative estimate of drug-likeness (QED) is 0.725. The minimum absolute atomic E-state index is 0.583. The summed E-state index contributed by atoms with van der Waals surface area (Å²) in [6, 6.07) is 0. The highest BCUT2D eigenvalue weighted by Crippen LogP contribution is 2.43. The van der Waals surface area contributed by atoms with Gasteiger partial charge in [0, 0.05) is 19.6 Å². The predicted octanol–water partition coefficient (Wildman–Crippen LogP) is 3.06. The third-order valence-electron chi connectivity index (χ3n) is 4.25. The van der Waals surface area contributed by atoms with Crippen molar-refractivity contribution in [2.24, 2.45) is 17.3 Å². The average Bonchev–Trinajstić information content (AvgIpc) is 2.10. The molecule has 2 rings (SSSR count). The summed E-state index contributed by atoms with van der Waals surface area (Å²) >= 11 is 4.55. The van der Waals surface area contributed by atoms with Crippen molar-refractivity contribution in [3.05, 3.63) is 0 Å². The van der Waals surface area contributed by atoms with E-state index in [-0.39, 0.29) is 0 Å². The SMILES string of the molecule is CC1CC(C)CN(CC2(CS)CCC2)C1. The molecule has 2 atom stereocenters. The minimum atomic E-state index is 0.583. The molecule has 2 unspecified atom stereocenters. The Hall–Kier alpha value is 0.310. The molecule has 0 bridgehead atoms. The average molecular weight is 227 g/mol.